The molecule has 1 saturated heterocycles. The predicted octanol–water partition coefficient (Wildman–Crippen LogP) is 5.05. The Morgan fingerprint density at radius 2 is 1.86 bits per heavy atom. The third kappa shape index (κ3) is 5.14. The smallest absolute Gasteiger partial charge is 0.254 e. The summed E-state index contributed by atoms with van der Waals surface area (Å²) in [6.07, 6.45) is 3.35. The number of benzene rings is 2. The van der Waals surface area contributed by atoms with Gasteiger partial charge in [-0.2, -0.15) is 0 Å². The average molecular weight is 392 g/mol. The van der Waals surface area contributed by atoms with E-state index < -0.39 is 0 Å². The number of hydrogen-bond acceptors (Lipinski definition) is 3. The lowest BCUT2D eigenvalue weighted by molar-refractivity contribution is -0.108. The van der Waals surface area contributed by atoms with Crippen molar-refractivity contribution in [1.29, 1.82) is 0 Å². The summed E-state index contributed by atoms with van der Waals surface area (Å²) in [7, 11) is 0. The zero-order valence-corrected chi connectivity index (χ0v) is 17.3. The van der Waals surface area contributed by atoms with Crippen LogP contribution >= 0.6 is 0 Å². The first-order valence-electron chi connectivity index (χ1n) is 10.2. The molecule has 1 heterocycles. The van der Waals surface area contributed by atoms with Gasteiger partial charge in [-0.1, -0.05) is 36.9 Å². The molecule has 0 radical (unpaired) electrons. The van der Waals surface area contributed by atoms with Gasteiger partial charge in [0.05, 0.1) is 0 Å². The van der Waals surface area contributed by atoms with Crippen LogP contribution in [-0.2, 0) is 11.4 Å². The summed E-state index contributed by atoms with van der Waals surface area (Å²) >= 11 is 0. The number of amides is 1. The van der Waals surface area contributed by atoms with Crippen LogP contribution in [0.2, 0.25) is 0 Å². The number of carbonyl (C=O) groups is 2. The van der Waals surface area contributed by atoms with E-state index in [2.05, 4.69) is 6.58 Å². The number of allylic oxidation sites excluding steroid dienone is 1. The number of carbonyl (C=O) groups excluding carboxylic acids is 2. The Hall–Kier alpha value is -2.88. The predicted molar refractivity (Wildman–Crippen MR) is 116 cm³/mol. The Morgan fingerprint density at radius 1 is 1.17 bits per heavy atom. The van der Waals surface area contributed by atoms with Gasteiger partial charge in [0.15, 0.2) is 0 Å². The Morgan fingerprint density at radius 3 is 2.48 bits per heavy atom. The molecule has 152 valence electrons. The van der Waals surface area contributed by atoms with Gasteiger partial charge in [-0.15, -0.1) is 0 Å². The number of likely N-dealkylation sites (tertiary alicyclic amines) is 1. The van der Waals surface area contributed by atoms with Crippen LogP contribution in [0.3, 0.4) is 0 Å². The molecule has 2 aromatic carbocycles. The highest BCUT2D eigenvalue weighted by molar-refractivity contribution is 5.97. The summed E-state index contributed by atoms with van der Waals surface area (Å²) in [4.78, 5) is 25.8. The van der Waals surface area contributed by atoms with Crippen molar-refractivity contribution < 1.29 is 14.3 Å². The van der Waals surface area contributed by atoms with Crippen LogP contribution in [0.4, 0.5) is 0 Å². The van der Waals surface area contributed by atoms with Gasteiger partial charge >= 0.3 is 0 Å². The van der Waals surface area contributed by atoms with Crippen LogP contribution in [0.25, 0.3) is 5.57 Å². The second-order valence-corrected chi connectivity index (χ2v) is 7.86. The maximum absolute atomic E-state index is 13.1. The molecule has 1 amide bonds. The molecule has 0 aromatic heterocycles. The van der Waals surface area contributed by atoms with Crippen molar-refractivity contribution >= 4 is 17.8 Å². The van der Waals surface area contributed by atoms with E-state index in [1.54, 1.807) is 0 Å². The molecule has 0 bridgehead atoms. The Balaban J connectivity index is 1.77. The van der Waals surface area contributed by atoms with Gasteiger partial charge in [-0.3, -0.25) is 4.79 Å². The van der Waals surface area contributed by atoms with E-state index in [9.17, 15) is 9.59 Å². The van der Waals surface area contributed by atoms with Gasteiger partial charge in [0.1, 0.15) is 18.6 Å². The monoisotopic (exact) mass is 391 g/mol. The number of ether oxygens (including phenoxy) is 1. The van der Waals surface area contributed by atoms with E-state index in [-0.39, 0.29) is 5.91 Å². The number of rotatable bonds is 7. The van der Waals surface area contributed by atoms with Crippen molar-refractivity contribution in [3.63, 3.8) is 0 Å². The molecule has 4 nitrogen and oxygen atoms in total. The third-order valence-electron chi connectivity index (χ3n) is 5.59. The number of aryl methyl sites for hydroxylation is 1. The van der Waals surface area contributed by atoms with Crippen molar-refractivity contribution in [3.8, 4) is 5.75 Å². The molecule has 0 N–H and O–H groups in total. The number of hydrogen-bond donors (Lipinski definition) is 0. The molecule has 4 heteroatoms. The van der Waals surface area contributed by atoms with Crippen molar-refractivity contribution in [1.82, 2.24) is 4.90 Å². The Labute approximate surface area is 173 Å². The van der Waals surface area contributed by atoms with Gasteiger partial charge < -0.3 is 14.4 Å². The first-order chi connectivity index (χ1) is 14.0. The summed E-state index contributed by atoms with van der Waals surface area (Å²) in [6, 6.07) is 13.9. The summed E-state index contributed by atoms with van der Waals surface area (Å²) in [5.74, 6) is 1.20. The summed E-state index contributed by atoms with van der Waals surface area (Å²) in [6.45, 7) is 9.82. The first-order valence-corrected chi connectivity index (χ1v) is 10.2. The topological polar surface area (TPSA) is 46.6 Å². The fraction of sp³-hybridized carbons (Fsp3) is 0.360. The van der Waals surface area contributed by atoms with Crippen LogP contribution in [-0.4, -0.2) is 30.2 Å². The largest absolute Gasteiger partial charge is 0.488 e. The molecule has 0 aliphatic carbocycles. The number of piperidine rings is 1. The lowest BCUT2D eigenvalue weighted by Gasteiger charge is -2.32. The Kier molecular flexibility index (Phi) is 6.86. The molecule has 29 heavy (non-hydrogen) atoms. The fourth-order valence-electron chi connectivity index (χ4n) is 3.78. The van der Waals surface area contributed by atoms with E-state index in [0.29, 0.717) is 37.6 Å². The molecular weight excluding hydrogens is 362 g/mol. The first kappa shape index (κ1) is 20.8. The van der Waals surface area contributed by atoms with Gasteiger partial charge in [-0.05, 0) is 61.4 Å². The van der Waals surface area contributed by atoms with Crippen molar-refractivity contribution in [3.05, 3.63) is 71.3 Å². The quantitative estimate of drug-likeness (QED) is 0.621. The molecule has 0 unspecified atom stereocenters. The highest BCUT2D eigenvalue weighted by atomic mass is 16.5. The normalized spacial score (nSPS) is 14.5. The van der Waals surface area contributed by atoms with Gasteiger partial charge in [-0.25, -0.2) is 0 Å². The van der Waals surface area contributed by atoms with Crippen LogP contribution < -0.4 is 4.74 Å². The second-order valence-electron chi connectivity index (χ2n) is 7.86. The van der Waals surface area contributed by atoms with Crippen molar-refractivity contribution in [2.45, 2.75) is 39.7 Å². The van der Waals surface area contributed by atoms with Crippen LogP contribution in [0.1, 0.15) is 53.2 Å². The zero-order valence-electron chi connectivity index (χ0n) is 17.3. The van der Waals surface area contributed by atoms with E-state index in [0.717, 1.165) is 47.1 Å². The van der Waals surface area contributed by atoms with Crippen molar-refractivity contribution in [2.24, 2.45) is 5.92 Å². The number of aldehydes is 1. The standard InChI is InChI=1S/C25H29NO3/c1-18(2)22-16-23(25(28)26-12-9-20(10-13-26)11-14-27)19(3)15-24(22)29-17-21-7-5-4-6-8-21/h4-8,14-16,20H,1,9-13,17H2,2-3H3. The molecule has 2 aromatic rings. The zero-order chi connectivity index (χ0) is 20.8. The minimum Gasteiger partial charge on any atom is -0.488 e. The summed E-state index contributed by atoms with van der Waals surface area (Å²) < 4.78 is 6.07. The second kappa shape index (κ2) is 9.55. The molecular formula is C25H29NO3. The minimum absolute atomic E-state index is 0.0455. The van der Waals surface area contributed by atoms with Crippen LogP contribution in [0.5, 0.6) is 5.75 Å². The van der Waals surface area contributed by atoms with E-state index >= 15 is 0 Å². The van der Waals surface area contributed by atoms with Crippen LogP contribution in [0, 0.1) is 12.8 Å². The SMILES string of the molecule is C=C(C)c1cc(C(=O)N2CCC(CC=O)CC2)c(C)cc1OCc1ccccc1. The number of nitrogens with zero attached hydrogens (tertiary/aromatic N) is 1. The lowest BCUT2D eigenvalue weighted by Crippen LogP contribution is -2.38. The highest BCUT2D eigenvalue weighted by Crippen LogP contribution is 2.31. The van der Waals surface area contributed by atoms with Gasteiger partial charge in [0.25, 0.3) is 5.91 Å². The molecule has 0 saturated carbocycles. The Bertz CT molecular complexity index is 880. The molecule has 3 rings (SSSR count). The fourth-order valence-corrected chi connectivity index (χ4v) is 3.78. The molecule has 1 aliphatic heterocycles. The minimum atomic E-state index is 0.0455. The lowest BCUT2D eigenvalue weighted by atomic mass is 9.93. The molecule has 1 fully saturated rings. The molecule has 0 spiro atoms. The maximum Gasteiger partial charge on any atom is 0.254 e. The maximum atomic E-state index is 13.1. The molecule has 1 aliphatic rings. The van der Waals surface area contributed by atoms with E-state index in [4.69, 9.17) is 4.74 Å². The van der Waals surface area contributed by atoms with Gasteiger partial charge in [0.2, 0.25) is 0 Å². The molecule has 0 atom stereocenters. The van der Waals surface area contributed by atoms with E-state index in [1.807, 2.05) is 61.2 Å². The van der Waals surface area contributed by atoms with E-state index in [1.165, 1.54) is 0 Å². The van der Waals surface area contributed by atoms with Crippen LogP contribution in [0.15, 0.2) is 49.0 Å². The third-order valence-corrected chi connectivity index (χ3v) is 5.59. The summed E-state index contributed by atoms with van der Waals surface area (Å²) in [5.41, 5.74) is 4.43. The highest BCUT2D eigenvalue weighted by Gasteiger charge is 2.25. The average Bonchev–Trinajstić information content (AvgIpc) is 2.73. The summed E-state index contributed by atoms with van der Waals surface area (Å²) in [5, 5.41) is 0. The van der Waals surface area contributed by atoms with Gasteiger partial charge in [0, 0.05) is 30.6 Å². The van der Waals surface area contributed by atoms with Crippen molar-refractivity contribution in [2.75, 3.05) is 13.1 Å².